The average molecular weight is 257 g/mol. The average Bonchev–Trinajstić information content (AvgIpc) is 2.66. The molecule has 1 rings (SSSR count). The number of urea groups is 1. The van der Waals surface area contributed by atoms with E-state index in [0.717, 1.165) is 19.4 Å². The fourth-order valence-corrected chi connectivity index (χ4v) is 2.24. The van der Waals surface area contributed by atoms with Crippen LogP contribution in [0.4, 0.5) is 4.79 Å². The molecule has 1 aliphatic rings. The van der Waals surface area contributed by atoms with E-state index < -0.39 is 12.0 Å². The highest BCUT2D eigenvalue weighted by Gasteiger charge is 2.39. The van der Waals surface area contributed by atoms with Crippen LogP contribution in [0.25, 0.3) is 0 Å². The molecule has 2 amide bonds. The quantitative estimate of drug-likeness (QED) is 0.701. The minimum Gasteiger partial charge on any atom is -0.480 e. The van der Waals surface area contributed by atoms with Crippen molar-refractivity contribution in [2.24, 2.45) is 5.92 Å². The van der Waals surface area contributed by atoms with Gasteiger partial charge >= 0.3 is 12.0 Å². The van der Waals surface area contributed by atoms with Gasteiger partial charge in [-0.05, 0) is 39.4 Å². The summed E-state index contributed by atoms with van der Waals surface area (Å²) in [5.41, 5.74) is 0. The number of aliphatic carboxylic acids is 1. The van der Waals surface area contributed by atoms with Crippen LogP contribution in [0.1, 0.15) is 19.8 Å². The van der Waals surface area contributed by atoms with E-state index in [2.05, 4.69) is 5.32 Å². The van der Waals surface area contributed by atoms with E-state index in [-0.39, 0.29) is 11.9 Å². The van der Waals surface area contributed by atoms with Gasteiger partial charge in [0.1, 0.15) is 6.04 Å². The van der Waals surface area contributed by atoms with E-state index >= 15 is 0 Å². The summed E-state index contributed by atoms with van der Waals surface area (Å²) in [6, 6.07) is -0.940. The second-order valence-electron chi connectivity index (χ2n) is 5.13. The summed E-state index contributed by atoms with van der Waals surface area (Å²) in [6.45, 7) is 3.88. The number of likely N-dealkylation sites (tertiary alicyclic amines) is 1. The van der Waals surface area contributed by atoms with Gasteiger partial charge in [0.25, 0.3) is 0 Å². The highest BCUT2D eigenvalue weighted by molar-refractivity contribution is 5.83. The predicted molar refractivity (Wildman–Crippen MR) is 68.5 cm³/mol. The number of carbonyl (C=O) groups is 2. The Morgan fingerprint density at radius 1 is 1.44 bits per heavy atom. The van der Waals surface area contributed by atoms with E-state index in [4.69, 9.17) is 5.11 Å². The lowest BCUT2D eigenvalue weighted by atomic mass is 10.0. The first-order chi connectivity index (χ1) is 8.43. The molecule has 0 aromatic carbocycles. The second kappa shape index (κ2) is 6.58. The van der Waals surface area contributed by atoms with Crippen LogP contribution in [0.15, 0.2) is 0 Å². The molecule has 104 valence electrons. The fourth-order valence-electron chi connectivity index (χ4n) is 2.24. The van der Waals surface area contributed by atoms with Crippen LogP contribution >= 0.6 is 0 Å². The van der Waals surface area contributed by atoms with Gasteiger partial charge in [0.2, 0.25) is 0 Å². The molecule has 0 aromatic heterocycles. The van der Waals surface area contributed by atoms with Crippen LogP contribution in [0.3, 0.4) is 0 Å². The molecule has 0 radical (unpaired) electrons. The van der Waals surface area contributed by atoms with Gasteiger partial charge in [0.05, 0.1) is 0 Å². The number of amides is 2. The molecule has 1 heterocycles. The predicted octanol–water partition coefficient (Wildman–Crippen LogP) is 0.443. The van der Waals surface area contributed by atoms with Crippen molar-refractivity contribution in [1.82, 2.24) is 15.1 Å². The van der Waals surface area contributed by atoms with Crippen LogP contribution in [0.5, 0.6) is 0 Å². The van der Waals surface area contributed by atoms with Gasteiger partial charge in [0.15, 0.2) is 0 Å². The zero-order valence-electron chi connectivity index (χ0n) is 11.3. The molecular weight excluding hydrogens is 234 g/mol. The number of carboxylic acid groups (broad SMARTS) is 1. The third kappa shape index (κ3) is 3.87. The number of nitrogens with one attached hydrogen (secondary N) is 1. The molecule has 0 bridgehead atoms. The highest BCUT2D eigenvalue weighted by Crippen LogP contribution is 2.23. The van der Waals surface area contributed by atoms with Gasteiger partial charge in [-0.3, -0.25) is 0 Å². The Hall–Kier alpha value is -1.30. The third-order valence-electron chi connectivity index (χ3n) is 3.27. The number of carbonyl (C=O) groups excluding carboxylic acids is 1. The summed E-state index contributed by atoms with van der Waals surface area (Å²) in [5, 5.41) is 11.9. The highest BCUT2D eigenvalue weighted by atomic mass is 16.4. The summed E-state index contributed by atoms with van der Waals surface area (Å²) in [4.78, 5) is 26.5. The Labute approximate surface area is 108 Å². The maximum atomic E-state index is 11.9. The molecule has 18 heavy (non-hydrogen) atoms. The van der Waals surface area contributed by atoms with Gasteiger partial charge in [-0.1, -0.05) is 6.92 Å². The summed E-state index contributed by atoms with van der Waals surface area (Å²) in [7, 11) is 3.95. The lowest BCUT2D eigenvalue weighted by Gasteiger charge is -2.23. The minimum atomic E-state index is -0.913. The largest absolute Gasteiger partial charge is 0.480 e. The number of rotatable bonds is 5. The van der Waals surface area contributed by atoms with Crippen molar-refractivity contribution >= 4 is 12.0 Å². The van der Waals surface area contributed by atoms with Crippen molar-refractivity contribution in [2.75, 3.05) is 33.7 Å². The molecule has 2 N–H and O–H groups in total. The first-order valence-corrected chi connectivity index (χ1v) is 6.35. The molecule has 1 saturated heterocycles. The van der Waals surface area contributed by atoms with Gasteiger partial charge in [-0.25, -0.2) is 9.59 Å². The molecule has 0 aliphatic carbocycles. The van der Waals surface area contributed by atoms with Crippen molar-refractivity contribution in [1.29, 1.82) is 0 Å². The van der Waals surface area contributed by atoms with E-state index in [9.17, 15) is 9.59 Å². The van der Waals surface area contributed by atoms with E-state index in [1.54, 1.807) is 0 Å². The standard InChI is InChI=1S/C12H23N3O3/c1-9-5-8-15(10(9)11(16)17)12(18)13-6-4-7-14(2)3/h9-10H,4-8H2,1-3H3,(H,13,18)(H,16,17). The molecule has 1 aliphatic heterocycles. The van der Waals surface area contributed by atoms with Crippen molar-refractivity contribution in [2.45, 2.75) is 25.8 Å². The number of carboxylic acids is 1. The van der Waals surface area contributed by atoms with Crippen molar-refractivity contribution < 1.29 is 14.7 Å². The van der Waals surface area contributed by atoms with Gasteiger partial charge in [-0.15, -0.1) is 0 Å². The Balaban J connectivity index is 2.39. The fraction of sp³-hybridized carbons (Fsp3) is 0.833. The topological polar surface area (TPSA) is 72.9 Å². The van der Waals surface area contributed by atoms with Crippen LogP contribution < -0.4 is 5.32 Å². The molecule has 0 spiro atoms. The summed E-state index contributed by atoms with van der Waals surface area (Å²) in [5.74, 6) is -0.890. The number of hydrogen-bond acceptors (Lipinski definition) is 3. The Morgan fingerprint density at radius 3 is 2.67 bits per heavy atom. The van der Waals surface area contributed by atoms with Gasteiger partial charge < -0.3 is 20.2 Å². The Bertz CT molecular complexity index is 307. The lowest BCUT2D eigenvalue weighted by molar-refractivity contribution is -0.142. The molecule has 1 fully saturated rings. The van der Waals surface area contributed by atoms with Crippen LogP contribution in [-0.2, 0) is 4.79 Å². The maximum absolute atomic E-state index is 11.9. The molecule has 6 nitrogen and oxygen atoms in total. The molecule has 0 saturated carbocycles. The summed E-state index contributed by atoms with van der Waals surface area (Å²) < 4.78 is 0. The van der Waals surface area contributed by atoms with Crippen molar-refractivity contribution in [3.63, 3.8) is 0 Å². The van der Waals surface area contributed by atoms with Gasteiger partial charge in [0, 0.05) is 13.1 Å². The number of hydrogen-bond donors (Lipinski definition) is 2. The molecule has 2 atom stereocenters. The van der Waals surface area contributed by atoms with Crippen LogP contribution in [-0.4, -0.2) is 66.7 Å². The van der Waals surface area contributed by atoms with Crippen molar-refractivity contribution in [3.8, 4) is 0 Å². The smallest absolute Gasteiger partial charge is 0.326 e. The summed E-state index contributed by atoms with van der Waals surface area (Å²) >= 11 is 0. The Morgan fingerprint density at radius 2 is 2.11 bits per heavy atom. The molecule has 0 aromatic rings. The number of nitrogens with zero attached hydrogens (tertiary/aromatic N) is 2. The van der Waals surface area contributed by atoms with Crippen LogP contribution in [0, 0.1) is 5.92 Å². The van der Waals surface area contributed by atoms with Crippen molar-refractivity contribution in [3.05, 3.63) is 0 Å². The van der Waals surface area contributed by atoms with Gasteiger partial charge in [-0.2, -0.15) is 0 Å². The van der Waals surface area contributed by atoms with Crippen LogP contribution in [0.2, 0.25) is 0 Å². The first-order valence-electron chi connectivity index (χ1n) is 6.35. The Kier molecular flexibility index (Phi) is 5.40. The maximum Gasteiger partial charge on any atom is 0.326 e. The normalized spacial score (nSPS) is 23.4. The molecule has 2 unspecified atom stereocenters. The zero-order chi connectivity index (χ0) is 13.7. The second-order valence-corrected chi connectivity index (χ2v) is 5.13. The lowest BCUT2D eigenvalue weighted by Crippen LogP contribution is -2.47. The van der Waals surface area contributed by atoms with E-state index in [1.807, 2.05) is 25.9 Å². The zero-order valence-corrected chi connectivity index (χ0v) is 11.3. The van der Waals surface area contributed by atoms with E-state index in [1.165, 1.54) is 4.90 Å². The monoisotopic (exact) mass is 257 g/mol. The minimum absolute atomic E-state index is 0.0232. The summed E-state index contributed by atoms with van der Waals surface area (Å²) in [6.07, 6.45) is 1.61. The molecular formula is C12H23N3O3. The first kappa shape index (κ1) is 14.8. The van der Waals surface area contributed by atoms with E-state index in [0.29, 0.717) is 13.1 Å². The third-order valence-corrected chi connectivity index (χ3v) is 3.27. The SMILES string of the molecule is CC1CCN(C(=O)NCCCN(C)C)C1C(=O)O. The molecule has 6 heteroatoms.